The van der Waals surface area contributed by atoms with Crippen LogP contribution in [0.1, 0.15) is 45.1 Å². The first-order valence-electron chi connectivity index (χ1n) is 5.44. The van der Waals surface area contributed by atoms with Crippen LogP contribution in [0, 0.1) is 5.92 Å². The van der Waals surface area contributed by atoms with Crippen molar-refractivity contribution in [2.24, 2.45) is 5.92 Å². The summed E-state index contributed by atoms with van der Waals surface area (Å²) >= 11 is 5.86. The molecule has 1 rings (SSSR count). The Morgan fingerprint density at radius 1 is 1.07 bits per heavy atom. The third-order valence-electron chi connectivity index (χ3n) is 3.15. The molecule has 0 N–H and O–H groups in total. The van der Waals surface area contributed by atoms with Crippen molar-refractivity contribution in [1.29, 1.82) is 0 Å². The van der Waals surface area contributed by atoms with E-state index in [9.17, 15) is 0 Å². The van der Waals surface area contributed by atoms with E-state index in [2.05, 4.69) is 32.9 Å². The highest BCUT2D eigenvalue weighted by molar-refractivity contribution is 6.30. The van der Waals surface area contributed by atoms with Crippen LogP contribution in [0.25, 0.3) is 0 Å². The minimum absolute atomic E-state index is 0.641. The standard InChI is InChI=1S/C13H19Cl/c1-4-11(5-2)10(3)12-6-8-13(14)9-7-12/h6-11H,4-5H2,1-3H3. The first-order chi connectivity index (χ1) is 6.69. The van der Waals surface area contributed by atoms with Crippen molar-refractivity contribution in [3.63, 3.8) is 0 Å². The average molecular weight is 211 g/mol. The van der Waals surface area contributed by atoms with Gasteiger partial charge in [-0.25, -0.2) is 0 Å². The van der Waals surface area contributed by atoms with Crippen LogP contribution >= 0.6 is 11.6 Å². The molecule has 0 saturated carbocycles. The van der Waals surface area contributed by atoms with Crippen molar-refractivity contribution >= 4 is 11.6 Å². The first kappa shape index (κ1) is 11.6. The number of benzene rings is 1. The third-order valence-corrected chi connectivity index (χ3v) is 3.40. The quantitative estimate of drug-likeness (QED) is 0.665. The summed E-state index contributed by atoms with van der Waals surface area (Å²) in [4.78, 5) is 0. The van der Waals surface area contributed by atoms with Crippen molar-refractivity contribution in [1.82, 2.24) is 0 Å². The number of halogens is 1. The SMILES string of the molecule is CCC(CC)C(C)c1ccc(Cl)cc1. The van der Waals surface area contributed by atoms with E-state index in [4.69, 9.17) is 11.6 Å². The molecule has 0 saturated heterocycles. The molecule has 0 nitrogen and oxygen atoms in total. The van der Waals surface area contributed by atoms with Gasteiger partial charge < -0.3 is 0 Å². The summed E-state index contributed by atoms with van der Waals surface area (Å²) < 4.78 is 0. The van der Waals surface area contributed by atoms with Gasteiger partial charge in [0.05, 0.1) is 0 Å². The fraction of sp³-hybridized carbons (Fsp3) is 0.538. The molecule has 0 radical (unpaired) electrons. The smallest absolute Gasteiger partial charge is 0.0406 e. The minimum atomic E-state index is 0.641. The summed E-state index contributed by atoms with van der Waals surface area (Å²) in [6, 6.07) is 8.25. The summed E-state index contributed by atoms with van der Waals surface area (Å²) in [6.07, 6.45) is 2.50. The molecule has 14 heavy (non-hydrogen) atoms. The van der Waals surface area contributed by atoms with Gasteiger partial charge in [0.2, 0.25) is 0 Å². The average Bonchev–Trinajstić information content (AvgIpc) is 2.20. The normalized spacial score (nSPS) is 13.2. The predicted octanol–water partition coefficient (Wildman–Crippen LogP) is 4.88. The molecule has 0 aromatic heterocycles. The molecule has 1 aromatic rings. The van der Waals surface area contributed by atoms with Gasteiger partial charge in [0.1, 0.15) is 0 Å². The molecule has 1 aromatic carbocycles. The highest BCUT2D eigenvalue weighted by Crippen LogP contribution is 2.29. The van der Waals surface area contributed by atoms with Crippen LogP contribution in [0.5, 0.6) is 0 Å². The Kier molecular flexibility index (Phi) is 4.47. The molecule has 0 amide bonds. The van der Waals surface area contributed by atoms with E-state index in [1.807, 2.05) is 12.1 Å². The highest BCUT2D eigenvalue weighted by atomic mass is 35.5. The van der Waals surface area contributed by atoms with Crippen LogP contribution in [-0.4, -0.2) is 0 Å². The van der Waals surface area contributed by atoms with Crippen molar-refractivity contribution < 1.29 is 0 Å². The maximum atomic E-state index is 5.86. The van der Waals surface area contributed by atoms with Gasteiger partial charge in [0.25, 0.3) is 0 Å². The minimum Gasteiger partial charge on any atom is -0.0843 e. The first-order valence-corrected chi connectivity index (χ1v) is 5.82. The lowest BCUT2D eigenvalue weighted by atomic mass is 9.84. The Morgan fingerprint density at radius 2 is 1.57 bits per heavy atom. The molecule has 0 aliphatic carbocycles. The van der Waals surface area contributed by atoms with Gasteiger partial charge in [-0.15, -0.1) is 0 Å². The Morgan fingerprint density at radius 3 is 2.00 bits per heavy atom. The lowest BCUT2D eigenvalue weighted by molar-refractivity contribution is 0.419. The van der Waals surface area contributed by atoms with E-state index >= 15 is 0 Å². The maximum absolute atomic E-state index is 5.86. The summed E-state index contributed by atoms with van der Waals surface area (Å²) in [6.45, 7) is 6.84. The number of hydrogen-bond acceptors (Lipinski definition) is 0. The second-order valence-corrected chi connectivity index (χ2v) is 4.35. The molecular formula is C13H19Cl. The van der Waals surface area contributed by atoms with Crippen LogP contribution in [0.4, 0.5) is 0 Å². The zero-order valence-corrected chi connectivity index (χ0v) is 10.0. The van der Waals surface area contributed by atoms with Crippen LogP contribution in [-0.2, 0) is 0 Å². The highest BCUT2D eigenvalue weighted by Gasteiger charge is 2.14. The predicted molar refractivity (Wildman–Crippen MR) is 63.9 cm³/mol. The fourth-order valence-electron chi connectivity index (χ4n) is 2.03. The fourth-order valence-corrected chi connectivity index (χ4v) is 2.16. The van der Waals surface area contributed by atoms with E-state index in [0.717, 1.165) is 10.9 Å². The summed E-state index contributed by atoms with van der Waals surface area (Å²) in [5, 5.41) is 0.825. The van der Waals surface area contributed by atoms with E-state index < -0.39 is 0 Å². The molecule has 0 spiro atoms. The second-order valence-electron chi connectivity index (χ2n) is 3.92. The van der Waals surface area contributed by atoms with E-state index in [1.54, 1.807) is 0 Å². The summed E-state index contributed by atoms with van der Waals surface area (Å²) in [5.74, 6) is 1.43. The molecule has 0 heterocycles. The van der Waals surface area contributed by atoms with Gasteiger partial charge >= 0.3 is 0 Å². The van der Waals surface area contributed by atoms with Gasteiger partial charge in [0, 0.05) is 5.02 Å². The summed E-state index contributed by atoms with van der Waals surface area (Å²) in [7, 11) is 0. The summed E-state index contributed by atoms with van der Waals surface area (Å²) in [5.41, 5.74) is 1.41. The molecular weight excluding hydrogens is 192 g/mol. The van der Waals surface area contributed by atoms with Crippen LogP contribution < -0.4 is 0 Å². The van der Waals surface area contributed by atoms with Crippen molar-refractivity contribution in [3.05, 3.63) is 34.9 Å². The topological polar surface area (TPSA) is 0 Å². The number of hydrogen-bond donors (Lipinski definition) is 0. The van der Waals surface area contributed by atoms with Gasteiger partial charge in [-0.2, -0.15) is 0 Å². The third kappa shape index (κ3) is 2.75. The van der Waals surface area contributed by atoms with Crippen molar-refractivity contribution in [2.45, 2.75) is 39.5 Å². The van der Waals surface area contributed by atoms with E-state index in [-0.39, 0.29) is 0 Å². The lowest BCUT2D eigenvalue weighted by Gasteiger charge is -2.21. The second kappa shape index (κ2) is 5.41. The lowest BCUT2D eigenvalue weighted by Crippen LogP contribution is -2.07. The van der Waals surface area contributed by atoms with Gasteiger partial charge in [-0.05, 0) is 29.5 Å². The maximum Gasteiger partial charge on any atom is 0.0406 e. The van der Waals surface area contributed by atoms with Gasteiger partial charge in [-0.3, -0.25) is 0 Å². The van der Waals surface area contributed by atoms with Crippen molar-refractivity contribution in [3.8, 4) is 0 Å². The van der Waals surface area contributed by atoms with E-state index in [1.165, 1.54) is 18.4 Å². The van der Waals surface area contributed by atoms with E-state index in [0.29, 0.717) is 5.92 Å². The molecule has 1 heteroatoms. The Bertz CT molecular complexity index is 259. The number of rotatable bonds is 4. The van der Waals surface area contributed by atoms with Gasteiger partial charge in [-0.1, -0.05) is 57.3 Å². The molecule has 0 fully saturated rings. The van der Waals surface area contributed by atoms with Crippen LogP contribution in [0.15, 0.2) is 24.3 Å². The van der Waals surface area contributed by atoms with Crippen LogP contribution in [0.2, 0.25) is 5.02 Å². The molecule has 0 bridgehead atoms. The molecule has 1 unspecified atom stereocenters. The van der Waals surface area contributed by atoms with Crippen molar-refractivity contribution in [2.75, 3.05) is 0 Å². The largest absolute Gasteiger partial charge is 0.0843 e. The Balaban J connectivity index is 2.77. The van der Waals surface area contributed by atoms with Gasteiger partial charge in [0.15, 0.2) is 0 Å². The molecule has 0 aliphatic rings. The molecule has 1 atom stereocenters. The zero-order valence-electron chi connectivity index (χ0n) is 9.26. The molecule has 78 valence electrons. The monoisotopic (exact) mass is 210 g/mol. The Hall–Kier alpha value is -0.490. The molecule has 0 aliphatic heterocycles. The zero-order chi connectivity index (χ0) is 10.6. The Labute approximate surface area is 92.3 Å². The van der Waals surface area contributed by atoms with Crippen LogP contribution in [0.3, 0.4) is 0 Å².